The van der Waals surface area contributed by atoms with Crippen LogP contribution < -0.4 is 49.2 Å². The van der Waals surface area contributed by atoms with E-state index in [4.69, 9.17) is 33.5 Å². The Kier molecular flexibility index (Phi) is 29.7. The van der Waals surface area contributed by atoms with Crippen molar-refractivity contribution in [1.82, 2.24) is 23.5 Å². The summed E-state index contributed by atoms with van der Waals surface area (Å²) in [4.78, 5) is 99.9. The minimum atomic E-state index is -0.893. The van der Waals surface area contributed by atoms with E-state index in [1.807, 2.05) is 135 Å². The first-order chi connectivity index (χ1) is 63.6. The third kappa shape index (κ3) is 20.7. The molecule has 12 aromatic rings. The van der Waals surface area contributed by atoms with Crippen LogP contribution in [0.5, 0.6) is 23.0 Å². The molecule has 3 aliphatic heterocycles. The molecule has 29 heteroatoms. The number of hydrogen-bond donors (Lipinski definition) is 4. The number of aromatic nitrogens is 3. The number of aliphatic carboxylic acids is 2. The molecule has 4 N–H and O–H groups in total. The van der Waals surface area contributed by atoms with Crippen molar-refractivity contribution in [1.29, 1.82) is 0 Å². The van der Waals surface area contributed by atoms with Gasteiger partial charge in [-0.05, 0) is 264 Å². The van der Waals surface area contributed by atoms with Gasteiger partial charge >= 0.3 is 35.9 Å². The van der Waals surface area contributed by atoms with E-state index in [2.05, 4.69) is 97.5 Å². The third-order valence-electron chi connectivity index (χ3n) is 25.0. The van der Waals surface area contributed by atoms with Crippen molar-refractivity contribution in [3.8, 4) is 38.0 Å². The molecular formula is C102H113N11O15S3. The first-order valence-electron chi connectivity index (χ1n) is 44.5. The number of ether oxygens (including phenoxy) is 6. The van der Waals surface area contributed by atoms with Crippen molar-refractivity contribution >= 4 is 110 Å². The molecule has 26 nitrogen and oxygen atoms in total. The summed E-state index contributed by atoms with van der Waals surface area (Å²) in [6, 6.07) is 53.7. The number of carboxylic acid groups (broad SMARTS) is 2. The zero-order valence-corrected chi connectivity index (χ0v) is 78.2. The van der Waals surface area contributed by atoms with Gasteiger partial charge in [0, 0.05) is 136 Å². The lowest BCUT2D eigenvalue weighted by Crippen LogP contribution is -2.38. The molecule has 4 amide bonds. The van der Waals surface area contributed by atoms with Crippen molar-refractivity contribution in [3.05, 3.63) is 276 Å². The van der Waals surface area contributed by atoms with E-state index in [0.29, 0.717) is 72.2 Å². The zero-order chi connectivity index (χ0) is 92.1. The molecule has 3 unspecified atom stereocenters. The first kappa shape index (κ1) is 92.5. The number of rotatable bonds is 24. The number of nitrogens with one attached hydrogen (secondary N) is 2. The quantitative estimate of drug-likeness (QED) is 0.0323. The topological polar surface area (TPSA) is 274 Å². The van der Waals surface area contributed by atoms with E-state index >= 15 is 0 Å². The minimum absolute atomic E-state index is 0.0551. The average Bonchev–Trinajstić information content (AvgIpc) is 1.59. The summed E-state index contributed by atoms with van der Waals surface area (Å²) >= 11 is 5.73. The van der Waals surface area contributed by atoms with Crippen LogP contribution in [-0.2, 0) is 86.7 Å². The molecule has 3 atom stereocenters. The average molecular weight is 1830 g/mol. The van der Waals surface area contributed by atoms with E-state index in [9.17, 15) is 38.7 Å². The van der Waals surface area contributed by atoms with Gasteiger partial charge in [0.25, 0.3) is 0 Å². The predicted molar refractivity (Wildman–Crippen MR) is 516 cm³/mol. The van der Waals surface area contributed by atoms with Gasteiger partial charge in [0.2, 0.25) is 0 Å². The van der Waals surface area contributed by atoms with Crippen LogP contribution in [0, 0.1) is 0 Å². The number of esters is 2. The molecule has 6 aromatic carbocycles. The summed E-state index contributed by atoms with van der Waals surface area (Å²) in [6.07, 6.45) is 23.6. The maximum atomic E-state index is 14.3. The Morgan fingerprint density at radius 1 is 0.405 bits per heavy atom. The van der Waals surface area contributed by atoms with E-state index < -0.39 is 11.9 Å². The summed E-state index contributed by atoms with van der Waals surface area (Å²) in [5, 5.41) is 27.9. The molecule has 0 saturated carbocycles. The molecule has 0 bridgehead atoms. The second-order valence-corrected chi connectivity index (χ2v) is 36.6. The number of carboxylic acids is 2. The fourth-order valence-electron chi connectivity index (χ4n) is 18.6. The number of likely N-dealkylation sites (N-methyl/N-ethyl adjacent to an activating group) is 4. The number of amides is 4. The molecule has 0 fully saturated rings. The van der Waals surface area contributed by atoms with Gasteiger partial charge in [-0.15, -0.1) is 34.0 Å². The Hall–Kier alpha value is -13.3. The fraction of sp³-hybridized carbons (Fsp3) is 0.343. The SMILES string of the molecule is CCOC(=O)CN(C)c1ccc(C2CCc3c(sc4c3CCCC4)-n3cccc32)cc1.CCOC(=O)CN(C)c1ccc(C2c3cccn3-c3sc4c(c3CN2C(=O)Nc2ccc(OC)c(OC)c2)CCCC4)cc1.CN(CC(=O)O)c1ccc(C=O)cc1.COc1ccc(NC(=O)N2Cc3c(sc4c3CCCC4)-n3cccc3C2c2ccc(N(C)CC(=O)O)cc2)cc1OC. The molecule has 3 aliphatic carbocycles. The summed E-state index contributed by atoms with van der Waals surface area (Å²) < 4.78 is 38.9. The number of carbonyl (C=O) groups excluding carboxylic acids is 5. The Bertz CT molecular complexity index is 6070. The van der Waals surface area contributed by atoms with Gasteiger partial charge in [0.15, 0.2) is 23.0 Å². The molecule has 684 valence electrons. The van der Waals surface area contributed by atoms with Gasteiger partial charge in [-0.2, -0.15) is 0 Å². The van der Waals surface area contributed by atoms with E-state index in [1.165, 1.54) is 96.8 Å². The fourth-order valence-corrected chi connectivity index (χ4v) is 22.8. The van der Waals surface area contributed by atoms with E-state index in [-0.39, 0.29) is 62.3 Å². The molecule has 0 saturated heterocycles. The summed E-state index contributed by atoms with van der Waals surface area (Å²) in [5.74, 6) is 0.413. The Morgan fingerprint density at radius 2 is 0.748 bits per heavy atom. The monoisotopic (exact) mass is 1830 g/mol. The number of hydrogen-bond acceptors (Lipinski definition) is 20. The minimum Gasteiger partial charge on any atom is -0.493 e. The van der Waals surface area contributed by atoms with Gasteiger partial charge in [-0.1, -0.05) is 36.4 Å². The Morgan fingerprint density at radius 3 is 1.12 bits per heavy atom. The zero-order valence-electron chi connectivity index (χ0n) is 75.7. The number of aldehydes is 1. The van der Waals surface area contributed by atoms with Crippen LogP contribution in [0.1, 0.15) is 169 Å². The van der Waals surface area contributed by atoms with Gasteiger partial charge < -0.3 is 92.4 Å². The smallest absolute Gasteiger partial charge is 0.325 e. The number of carbonyl (C=O) groups is 7. The summed E-state index contributed by atoms with van der Waals surface area (Å²) in [7, 11) is 13.6. The van der Waals surface area contributed by atoms with Crippen molar-refractivity contribution in [2.75, 3.05) is 126 Å². The van der Waals surface area contributed by atoms with Crippen LogP contribution in [0.3, 0.4) is 0 Å². The third-order valence-corrected chi connectivity index (χ3v) is 29.0. The van der Waals surface area contributed by atoms with Crippen LogP contribution in [0.15, 0.2) is 188 Å². The Balaban J connectivity index is 0.000000141. The standard InChI is InChI=1S/C34H38N4O5S.C32H34N4O5S.C26H30N2O2S.C10H11NO3/c1-5-43-31(39)21-36(2)24-15-12-22(13-16-24)32-27-10-8-18-37(27)33-26(25-9-6-7-11-30(25)44-33)20-38(32)34(40)35-23-14-17-28(41-3)29(19-23)42-4;1-34(19-29(37)38)22-13-10-20(11-14-22)30-25-8-6-16-35(25)31-24(23-7-4-5-9-28(23)42-31)18-36(30)32(39)33-21-12-15-26(40-2)27(17-21)41-3;1-3-30-25(29)17-27(2)19-12-10-18(11-13-19)20-14-15-22-21-7-4-5-9-24(21)31-26(22)28-16-6-8-23(20)28;1-11(6-10(13)14)9-4-2-8(7-12)3-5-9/h8,10,12-19,32H,5-7,9,11,20-21H2,1-4H3,(H,35,40);6,8,10-17,30H,4-5,7,9,18-19H2,1-3H3,(H,33,39)(H,37,38);6,8,10-13,16,20H,3-5,7,9,14-15,17H2,1-2H3;2-5,7H,6H2,1H3,(H,13,14). The lowest BCUT2D eigenvalue weighted by Gasteiger charge is -2.32. The highest BCUT2D eigenvalue weighted by Crippen LogP contribution is 2.49. The lowest BCUT2D eigenvalue weighted by molar-refractivity contribution is -0.142. The predicted octanol–water partition coefficient (Wildman–Crippen LogP) is 19.2. The number of methoxy groups -OCH3 is 4. The highest BCUT2D eigenvalue weighted by Gasteiger charge is 2.40. The van der Waals surface area contributed by atoms with Crippen molar-refractivity contribution < 1.29 is 72.2 Å². The normalized spacial score (nSPS) is 15.3. The van der Waals surface area contributed by atoms with Crippen LogP contribution in [-0.4, -0.2) is 172 Å². The second kappa shape index (κ2) is 42.1. The van der Waals surface area contributed by atoms with Crippen LogP contribution in [0.25, 0.3) is 15.0 Å². The van der Waals surface area contributed by atoms with Gasteiger partial charge in [-0.25, -0.2) is 9.59 Å². The van der Waals surface area contributed by atoms with E-state index in [0.717, 1.165) is 103 Å². The molecule has 131 heavy (non-hydrogen) atoms. The van der Waals surface area contributed by atoms with Gasteiger partial charge in [0.05, 0.1) is 78.2 Å². The van der Waals surface area contributed by atoms with Crippen LogP contribution in [0.2, 0.25) is 0 Å². The molecule has 0 radical (unpaired) electrons. The molecule has 18 rings (SSSR count). The molecule has 6 aromatic heterocycles. The van der Waals surface area contributed by atoms with Gasteiger partial charge in [0.1, 0.15) is 47.5 Å². The maximum absolute atomic E-state index is 14.3. The number of anilines is 6. The highest BCUT2D eigenvalue weighted by atomic mass is 32.1. The molecule has 0 spiro atoms. The number of urea groups is 2. The largest absolute Gasteiger partial charge is 0.493 e. The van der Waals surface area contributed by atoms with Crippen LogP contribution in [0.4, 0.5) is 43.7 Å². The number of benzene rings is 6. The number of fused-ring (bicyclic) bond motifs is 15. The number of aryl methyl sites for hydroxylation is 3. The molecule has 6 aliphatic rings. The molecular weight excluding hydrogens is 1720 g/mol. The summed E-state index contributed by atoms with van der Waals surface area (Å²) in [6.45, 7) is 5.63. The van der Waals surface area contributed by atoms with E-state index in [1.54, 1.807) is 130 Å². The first-order valence-corrected chi connectivity index (χ1v) is 47.0. The maximum Gasteiger partial charge on any atom is 0.325 e. The van der Waals surface area contributed by atoms with Gasteiger partial charge in [-0.3, -0.25) is 24.0 Å². The Labute approximate surface area is 776 Å². The lowest BCUT2D eigenvalue weighted by atomic mass is 9.88. The number of nitrogens with zero attached hydrogens (tertiary/aromatic N) is 9. The van der Waals surface area contributed by atoms with Crippen molar-refractivity contribution in [3.63, 3.8) is 0 Å². The number of thiophene rings is 3. The summed E-state index contributed by atoms with van der Waals surface area (Å²) in [5.41, 5.74) is 20.5. The van der Waals surface area contributed by atoms with Crippen molar-refractivity contribution in [2.45, 2.75) is 135 Å². The second-order valence-electron chi connectivity index (χ2n) is 33.4. The van der Waals surface area contributed by atoms with Crippen molar-refractivity contribution in [2.24, 2.45) is 0 Å². The highest BCUT2D eigenvalue weighted by molar-refractivity contribution is 7.15. The molecule has 9 heterocycles. The van der Waals surface area contributed by atoms with Crippen LogP contribution >= 0.6 is 34.0 Å².